The molecule has 3 aromatic rings. The van der Waals surface area contributed by atoms with E-state index in [0.29, 0.717) is 34.4 Å². The average molecular weight is 530 g/mol. The maximum absolute atomic E-state index is 13.3. The molecule has 1 amide bonds. The fraction of sp³-hybridized carbons (Fsp3) is 0.167. The number of hydrogen-bond donors (Lipinski definition) is 1. The van der Waals surface area contributed by atoms with Crippen LogP contribution in [0.1, 0.15) is 23.6 Å². The number of benzene rings is 3. The third kappa shape index (κ3) is 4.95. The summed E-state index contributed by atoms with van der Waals surface area (Å²) in [6, 6.07) is 18.8. The number of thioether (sulfide) groups is 1. The summed E-state index contributed by atoms with van der Waals surface area (Å²) < 4.78 is 10.2. The molecule has 0 bridgehead atoms. The van der Waals surface area contributed by atoms with Crippen molar-refractivity contribution in [3.05, 3.63) is 105 Å². The van der Waals surface area contributed by atoms with Gasteiger partial charge in [0.05, 0.1) is 24.7 Å². The van der Waals surface area contributed by atoms with Crippen LogP contribution < -0.4 is 0 Å². The van der Waals surface area contributed by atoms with E-state index in [4.69, 9.17) is 9.47 Å². The first-order valence-corrected chi connectivity index (χ1v) is 12.7. The van der Waals surface area contributed by atoms with Crippen LogP contribution in [0.5, 0.6) is 5.75 Å². The van der Waals surface area contributed by atoms with Gasteiger partial charge in [0, 0.05) is 0 Å². The molecule has 0 aromatic heterocycles. The Morgan fingerprint density at radius 2 is 1.76 bits per heavy atom. The van der Waals surface area contributed by atoms with Crippen molar-refractivity contribution in [1.82, 2.24) is 4.90 Å². The Bertz CT molecular complexity index is 1530. The van der Waals surface area contributed by atoms with Gasteiger partial charge in [-0.3, -0.25) is 9.69 Å². The molecule has 0 radical (unpaired) electrons. The number of esters is 2. The van der Waals surface area contributed by atoms with E-state index in [9.17, 15) is 19.5 Å². The van der Waals surface area contributed by atoms with Gasteiger partial charge in [0.15, 0.2) is 0 Å². The van der Waals surface area contributed by atoms with E-state index in [2.05, 4.69) is 0 Å². The first kappa shape index (κ1) is 26.8. The molecule has 0 fully saturated rings. The highest BCUT2D eigenvalue weighted by atomic mass is 32.2. The Hall–Kier alpha value is -4.30. The number of carbonyl (C=O) groups is 3. The van der Waals surface area contributed by atoms with Crippen molar-refractivity contribution >= 4 is 45.8 Å². The highest BCUT2D eigenvalue weighted by Crippen LogP contribution is 2.49. The molecule has 0 unspecified atom stereocenters. The van der Waals surface area contributed by atoms with E-state index in [1.54, 1.807) is 19.1 Å². The summed E-state index contributed by atoms with van der Waals surface area (Å²) in [6.07, 6.45) is 2.69. The summed E-state index contributed by atoms with van der Waals surface area (Å²) in [5.74, 6) is -1.28. The number of amides is 1. The third-order valence-corrected chi connectivity index (χ3v) is 7.58. The van der Waals surface area contributed by atoms with Crippen LogP contribution >= 0.6 is 11.8 Å². The van der Waals surface area contributed by atoms with Crippen LogP contribution in [0, 0.1) is 6.92 Å². The van der Waals surface area contributed by atoms with Crippen molar-refractivity contribution in [1.29, 1.82) is 0 Å². The van der Waals surface area contributed by atoms with Gasteiger partial charge in [-0.25, -0.2) is 9.59 Å². The second kappa shape index (κ2) is 11.4. The van der Waals surface area contributed by atoms with E-state index in [1.165, 1.54) is 20.3 Å². The molecule has 194 valence electrons. The molecule has 4 rings (SSSR count). The zero-order valence-electron chi connectivity index (χ0n) is 21.5. The van der Waals surface area contributed by atoms with Gasteiger partial charge in [-0.05, 0) is 65.4 Å². The largest absolute Gasteiger partial charge is 0.508 e. The van der Waals surface area contributed by atoms with Gasteiger partial charge >= 0.3 is 11.9 Å². The van der Waals surface area contributed by atoms with Crippen LogP contribution in [0.25, 0.3) is 15.7 Å². The molecular formula is C30H27NO6S. The maximum Gasteiger partial charge on any atom is 0.356 e. The van der Waals surface area contributed by atoms with Crippen LogP contribution in [0.15, 0.2) is 88.6 Å². The summed E-state index contributed by atoms with van der Waals surface area (Å²) in [5.41, 5.74) is 2.96. The standard InChI is InChI=1S/C30H27NO6S/c1-5-19(16-21-11-8-10-20-9-6-7-12-23(20)21)25(29(34)36-3)28-31(17-32)26(30(35)37-4)27(38-28)22-13-14-24(33)18(2)15-22/h5-15,17,33H,16H2,1-4H3/b19-5-,28-25-. The molecule has 0 saturated carbocycles. The Morgan fingerprint density at radius 3 is 2.42 bits per heavy atom. The molecule has 3 aromatic carbocycles. The third-order valence-electron chi connectivity index (χ3n) is 6.35. The van der Waals surface area contributed by atoms with E-state index in [-0.39, 0.29) is 22.0 Å². The minimum Gasteiger partial charge on any atom is -0.508 e. The number of ether oxygens (including phenoxy) is 2. The zero-order chi connectivity index (χ0) is 27.4. The number of fused-ring (bicyclic) bond motifs is 1. The minimum atomic E-state index is -0.736. The monoisotopic (exact) mass is 529 g/mol. The molecule has 7 nitrogen and oxygen atoms in total. The van der Waals surface area contributed by atoms with Crippen LogP contribution in [0.4, 0.5) is 0 Å². The van der Waals surface area contributed by atoms with Crippen LogP contribution in [0.2, 0.25) is 0 Å². The lowest BCUT2D eigenvalue weighted by molar-refractivity contribution is -0.139. The first-order valence-electron chi connectivity index (χ1n) is 11.8. The van der Waals surface area contributed by atoms with E-state index in [0.717, 1.165) is 33.0 Å². The normalized spacial score (nSPS) is 15.1. The number of carbonyl (C=O) groups excluding carboxylic acids is 3. The smallest absolute Gasteiger partial charge is 0.356 e. The van der Waals surface area contributed by atoms with E-state index >= 15 is 0 Å². The number of methoxy groups -OCH3 is 2. The lowest BCUT2D eigenvalue weighted by Gasteiger charge is -2.19. The van der Waals surface area contributed by atoms with Gasteiger partial charge in [0.2, 0.25) is 6.41 Å². The van der Waals surface area contributed by atoms with Crippen molar-refractivity contribution in [2.75, 3.05) is 14.2 Å². The van der Waals surface area contributed by atoms with Crippen molar-refractivity contribution < 1.29 is 29.0 Å². The Labute approximate surface area is 225 Å². The Morgan fingerprint density at radius 1 is 1.03 bits per heavy atom. The van der Waals surface area contributed by atoms with E-state index in [1.807, 2.05) is 55.5 Å². The molecule has 1 aliphatic heterocycles. The number of aromatic hydroxyl groups is 1. The number of phenols is 1. The van der Waals surface area contributed by atoms with Crippen molar-refractivity contribution in [2.24, 2.45) is 0 Å². The van der Waals surface area contributed by atoms with Gasteiger partial charge in [0.25, 0.3) is 0 Å². The number of phenolic OH excluding ortho intramolecular Hbond substituents is 1. The molecule has 1 aliphatic rings. The number of nitrogens with zero attached hydrogens (tertiary/aromatic N) is 1. The predicted molar refractivity (Wildman–Crippen MR) is 148 cm³/mol. The van der Waals surface area contributed by atoms with Gasteiger partial charge < -0.3 is 14.6 Å². The molecule has 1 heterocycles. The second-order valence-corrected chi connectivity index (χ2v) is 9.55. The summed E-state index contributed by atoms with van der Waals surface area (Å²) in [5, 5.41) is 12.4. The van der Waals surface area contributed by atoms with Gasteiger partial charge in [-0.2, -0.15) is 0 Å². The van der Waals surface area contributed by atoms with Crippen LogP contribution in [0.3, 0.4) is 0 Å². The van der Waals surface area contributed by atoms with Crippen molar-refractivity contribution in [3.63, 3.8) is 0 Å². The number of rotatable bonds is 7. The lowest BCUT2D eigenvalue weighted by atomic mass is 9.94. The zero-order valence-corrected chi connectivity index (χ0v) is 22.3. The van der Waals surface area contributed by atoms with E-state index < -0.39 is 11.9 Å². The quantitative estimate of drug-likeness (QED) is 0.246. The Balaban J connectivity index is 1.90. The van der Waals surface area contributed by atoms with Crippen LogP contribution in [-0.2, 0) is 30.3 Å². The Kier molecular flexibility index (Phi) is 8.02. The van der Waals surface area contributed by atoms with Crippen LogP contribution in [-0.4, -0.2) is 42.6 Å². The highest BCUT2D eigenvalue weighted by molar-refractivity contribution is 8.12. The first-order chi connectivity index (χ1) is 18.3. The molecule has 8 heteroatoms. The number of aryl methyl sites for hydroxylation is 1. The molecule has 0 saturated heterocycles. The molecule has 0 atom stereocenters. The predicted octanol–water partition coefficient (Wildman–Crippen LogP) is 5.47. The van der Waals surface area contributed by atoms with Gasteiger partial charge in [-0.15, -0.1) is 0 Å². The lowest BCUT2D eigenvalue weighted by Crippen LogP contribution is -2.25. The number of hydrogen-bond acceptors (Lipinski definition) is 7. The fourth-order valence-corrected chi connectivity index (χ4v) is 5.67. The summed E-state index contributed by atoms with van der Waals surface area (Å²) in [4.78, 5) is 40.1. The van der Waals surface area contributed by atoms with Gasteiger partial charge in [0.1, 0.15) is 16.5 Å². The topological polar surface area (TPSA) is 93.1 Å². The van der Waals surface area contributed by atoms with Gasteiger partial charge in [-0.1, -0.05) is 66.4 Å². The molecular weight excluding hydrogens is 502 g/mol. The second-order valence-electron chi connectivity index (χ2n) is 8.55. The molecule has 38 heavy (non-hydrogen) atoms. The molecule has 0 spiro atoms. The molecule has 1 N–H and O–H groups in total. The summed E-state index contributed by atoms with van der Waals surface area (Å²) in [7, 11) is 2.50. The average Bonchev–Trinajstić information content (AvgIpc) is 3.32. The highest BCUT2D eigenvalue weighted by Gasteiger charge is 2.38. The summed E-state index contributed by atoms with van der Waals surface area (Å²) >= 11 is 1.10. The number of allylic oxidation sites excluding steroid dienone is 1. The minimum absolute atomic E-state index is 0.0189. The fourth-order valence-electron chi connectivity index (χ4n) is 4.40. The molecule has 0 aliphatic carbocycles. The van der Waals surface area contributed by atoms with Crippen molar-refractivity contribution in [3.8, 4) is 5.75 Å². The maximum atomic E-state index is 13.3. The SMILES string of the molecule is C/C=C(Cc1cccc2ccccc12)\C(C(=O)OC)=C1\SC(c2ccc(O)c(C)c2)=C(C(=O)OC)N1C=O. The van der Waals surface area contributed by atoms with Crippen molar-refractivity contribution in [2.45, 2.75) is 20.3 Å². The summed E-state index contributed by atoms with van der Waals surface area (Å²) in [6.45, 7) is 3.54.